The standard InChI is InChI=1S/C30H39FN4O11/c1-17(2)44-25(38)19(4)32-43-15-22-24(37)30(5,31)27(46-22)33-12-11-23(36)35(28(33)40)16-42-26(39)21-13-18(3)14-34(21)29(41)45-20-9-7-6-8-10-20/h6-12,17-19,21-22,24,27,32,37H,13-16H2,1-5H3/t18?,19-,21?,22+,24+,27+,30+/m0/s1. The van der Waals surface area contributed by atoms with Crippen LogP contribution in [0.2, 0.25) is 0 Å². The second kappa shape index (κ2) is 14.5. The number of benzene rings is 1. The highest BCUT2D eigenvalue weighted by Crippen LogP contribution is 2.40. The molecule has 7 atom stereocenters. The molecule has 2 saturated heterocycles. The lowest BCUT2D eigenvalue weighted by atomic mass is 9.98. The Morgan fingerprint density at radius 3 is 2.52 bits per heavy atom. The number of carbonyl (C=O) groups is 3. The van der Waals surface area contributed by atoms with E-state index in [0.29, 0.717) is 10.3 Å². The van der Waals surface area contributed by atoms with Crippen LogP contribution >= 0.6 is 0 Å². The number of amides is 1. The molecule has 15 nitrogen and oxygen atoms in total. The Bertz CT molecular complexity index is 1510. The summed E-state index contributed by atoms with van der Waals surface area (Å²) in [6, 6.07) is 7.36. The monoisotopic (exact) mass is 650 g/mol. The smallest absolute Gasteiger partial charge is 0.415 e. The third kappa shape index (κ3) is 7.81. The van der Waals surface area contributed by atoms with Gasteiger partial charge in [0.15, 0.2) is 18.6 Å². The number of ether oxygens (including phenoxy) is 4. The molecule has 4 rings (SSSR count). The van der Waals surface area contributed by atoms with Crippen molar-refractivity contribution in [2.45, 2.75) is 90.1 Å². The number of carbonyl (C=O) groups excluding carboxylic acids is 3. The first kappa shape index (κ1) is 34.7. The molecule has 2 fully saturated rings. The first-order chi connectivity index (χ1) is 21.7. The van der Waals surface area contributed by atoms with Crippen LogP contribution in [-0.2, 0) is 35.4 Å². The lowest BCUT2D eigenvalue weighted by Crippen LogP contribution is -2.47. The molecule has 2 aliphatic rings. The van der Waals surface area contributed by atoms with Crippen LogP contribution in [0.3, 0.4) is 0 Å². The Morgan fingerprint density at radius 2 is 1.85 bits per heavy atom. The summed E-state index contributed by atoms with van der Waals surface area (Å²) >= 11 is 0. The summed E-state index contributed by atoms with van der Waals surface area (Å²) in [4.78, 5) is 70.2. The first-order valence-corrected chi connectivity index (χ1v) is 14.8. The van der Waals surface area contributed by atoms with Gasteiger partial charge in [-0.05, 0) is 52.2 Å². The third-order valence-electron chi connectivity index (χ3n) is 7.58. The summed E-state index contributed by atoms with van der Waals surface area (Å²) in [6.45, 7) is 6.69. The van der Waals surface area contributed by atoms with Crippen molar-refractivity contribution in [1.82, 2.24) is 19.5 Å². The Labute approximate surface area is 263 Å². The van der Waals surface area contributed by atoms with E-state index in [1.165, 1.54) is 11.8 Å². The van der Waals surface area contributed by atoms with Crippen LogP contribution in [-0.4, -0.2) is 86.4 Å². The largest absolute Gasteiger partial charge is 0.462 e. The number of likely N-dealkylation sites (tertiary alicyclic amines) is 1. The van der Waals surface area contributed by atoms with Gasteiger partial charge in [-0.3, -0.25) is 23.9 Å². The van der Waals surface area contributed by atoms with E-state index < -0.39 is 78.8 Å². The van der Waals surface area contributed by atoms with Gasteiger partial charge in [-0.1, -0.05) is 25.1 Å². The zero-order valence-corrected chi connectivity index (χ0v) is 26.2. The fraction of sp³-hybridized carbons (Fsp3) is 0.567. The predicted molar refractivity (Wildman–Crippen MR) is 157 cm³/mol. The van der Waals surface area contributed by atoms with Gasteiger partial charge in [0.1, 0.15) is 30.0 Å². The third-order valence-corrected chi connectivity index (χ3v) is 7.58. The van der Waals surface area contributed by atoms with Crippen LogP contribution in [0.1, 0.15) is 47.3 Å². The number of aromatic nitrogens is 2. The fourth-order valence-corrected chi connectivity index (χ4v) is 5.16. The van der Waals surface area contributed by atoms with Gasteiger partial charge in [0.25, 0.3) is 5.56 Å². The Morgan fingerprint density at radius 1 is 1.15 bits per heavy atom. The summed E-state index contributed by atoms with van der Waals surface area (Å²) in [7, 11) is 0. The molecule has 1 aromatic heterocycles. The highest BCUT2D eigenvalue weighted by Gasteiger charge is 2.55. The normalized spacial score (nSPS) is 26.6. The number of hydroxylamine groups is 1. The van der Waals surface area contributed by atoms with E-state index in [4.69, 9.17) is 23.8 Å². The highest BCUT2D eigenvalue weighted by atomic mass is 19.1. The second-order valence-electron chi connectivity index (χ2n) is 11.8. The van der Waals surface area contributed by atoms with Crippen molar-refractivity contribution in [2.75, 3.05) is 13.2 Å². The van der Waals surface area contributed by atoms with Gasteiger partial charge in [-0.2, -0.15) is 5.48 Å². The number of aliphatic hydroxyl groups is 1. The average molecular weight is 651 g/mol. The van der Waals surface area contributed by atoms with Crippen LogP contribution in [0.4, 0.5) is 9.18 Å². The Kier molecular flexibility index (Phi) is 11.0. The van der Waals surface area contributed by atoms with Crippen LogP contribution in [0.25, 0.3) is 0 Å². The molecule has 16 heteroatoms. The molecule has 2 N–H and O–H groups in total. The molecule has 2 unspecified atom stereocenters. The van der Waals surface area contributed by atoms with Crippen molar-refractivity contribution < 1.29 is 47.7 Å². The van der Waals surface area contributed by atoms with Crippen molar-refractivity contribution in [3.05, 3.63) is 63.4 Å². The number of hydrogen-bond donors (Lipinski definition) is 2. The van der Waals surface area contributed by atoms with E-state index in [1.54, 1.807) is 44.2 Å². The number of rotatable bonds is 11. The maximum absolute atomic E-state index is 15.8. The van der Waals surface area contributed by atoms with Crippen LogP contribution in [0.15, 0.2) is 52.2 Å². The van der Waals surface area contributed by atoms with Crippen molar-refractivity contribution in [3.8, 4) is 5.75 Å². The number of alkyl halides is 1. The summed E-state index contributed by atoms with van der Waals surface area (Å²) < 4.78 is 38.5. The maximum atomic E-state index is 15.8. The molecular formula is C30H39FN4O11. The van der Waals surface area contributed by atoms with Gasteiger partial charge in [-0.25, -0.2) is 23.3 Å². The molecule has 252 valence electrons. The predicted octanol–water partition coefficient (Wildman–Crippen LogP) is 1.27. The van der Waals surface area contributed by atoms with E-state index in [1.807, 2.05) is 6.92 Å². The molecule has 0 spiro atoms. The van der Waals surface area contributed by atoms with Crippen molar-refractivity contribution in [1.29, 1.82) is 0 Å². The molecule has 2 aromatic rings. The van der Waals surface area contributed by atoms with E-state index in [9.17, 15) is 29.1 Å². The summed E-state index contributed by atoms with van der Waals surface area (Å²) in [5.74, 6) is -1.22. The number of nitrogens with zero attached hydrogens (tertiary/aromatic N) is 3. The zero-order chi connectivity index (χ0) is 33.8. The number of halogens is 1. The number of esters is 2. The molecule has 0 radical (unpaired) electrons. The zero-order valence-electron chi connectivity index (χ0n) is 26.2. The topological polar surface area (TPSA) is 177 Å². The van der Waals surface area contributed by atoms with E-state index in [-0.39, 0.29) is 25.0 Å². The molecule has 0 saturated carbocycles. The van der Waals surface area contributed by atoms with Gasteiger partial charge in [0.05, 0.1) is 12.7 Å². The van der Waals surface area contributed by atoms with Crippen LogP contribution < -0.4 is 21.5 Å². The van der Waals surface area contributed by atoms with Crippen molar-refractivity contribution in [3.63, 3.8) is 0 Å². The SMILES string of the molecule is CC1CC(C(=O)OCn2c(=O)ccn([C@@H]3O[C@H](CON[C@@H](C)C(=O)OC(C)C)[C@@H](O)[C@@]3(C)F)c2=O)N(C(=O)Oc2ccccc2)C1. The minimum absolute atomic E-state index is 0.0603. The molecule has 46 heavy (non-hydrogen) atoms. The quantitative estimate of drug-likeness (QED) is 0.263. The lowest BCUT2D eigenvalue weighted by Gasteiger charge is -2.25. The second-order valence-corrected chi connectivity index (χ2v) is 11.8. The van der Waals surface area contributed by atoms with Gasteiger partial charge in [0, 0.05) is 18.8 Å². The van der Waals surface area contributed by atoms with Crippen molar-refractivity contribution >= 4 is 18.0 Å². The van der Waals surface area contributed by atoms with Crippen LogP contribution in [0, 0.1) is 5.92 Å². The lowest BCUT2D eigenvalue weighted by molar-refractivity contribution is -0.156. The summed E-state index contributed by atoms with van der Waals surface area (Å²) in [5.41, 5.74) is -2.02. The number of nitrogens with one attached hydrogen (secondary N) is 1. The first-order valence-electron chi connectivity index (χ1n) is 14.8. The molecule has 1 amide bonds. The Balaban J connectivity index is 1.42. The molecule has 0 aliphatic carbocycles. The van der Waals surface area contributed by atoms with Gasteiger partial charge in [-0.15, -0.1) is 0 Å². The molecule has 1 aromatic carbocycles. The molecular weight excluding hydrogens is 611 g/mol. The minimum Gasteiger partial charge on any atom is -0.462 e. The van der Waals surface area contributed by atoms with Crippen LogP contribution in [0.5, 0.6) is 5.75 Å². The van der Waals surface area contributed by atoms with Gasteiger partial charge < -0.3 is 24.1 Å². The Hall–Kier alpha value is -4.12. The van der Waals surface area contributed by atoms with E-state index in [0.717, 1.165) is 23.8 Å². The van der Waals surface area contributed by atoms with Gasteiger partial charge >= 0.3 is 23.7 Å². The van der Waals surface area contributed by atoms with E-state index in [2.05, 4.69) is 5.48 Å². The molecule has 3 heterocycles. The number of hydrogen-bond acceptors (Lipinski definition) is 12. The molecule has 2 aliphatic heterocycles. The summed E-state index contributed by atoms with van der Waals surface area (Å²) in [5, 5.41) is 10.6. The summed E-state index contributed by atoms with van der Waals surface area (Å²) in [6.07, 6.45) is -4.59. The van der Waals surface area contributed by atoms with Crippen molar-refractivity contribution in [2.24, 2.45) is 5.92 Å². The fourth-order valence-electron chi connectivity index (χ4n) is 5.16. The highest BCUT2D eigenvalue weighted by molar-refractivity contribution is 5.83. The molecule has 0 bridgehead atoms. The maximum Gasteiger partial charge on any atom is 0.415 e. The van der Waals surface area contributed by atoms with Gasteiger partial charge in [0.2, 0.25) is 0 Å². The number of para-hydroxylation sites is 1. The average Bonchev–Trinajstić information content (AvgIpc) is 3.50. The minimum atomic E-state index is -2.53. The number of aliphatic hydroxyl groups excluding tert-OH is 1. The van der Waals surface area contributed by atoms with E-state index >= 15 is 4.39 Å².